The third kappa shape index (κ3) is 5.57. The molecule has 4 nitrogen and oxygen atoms in total. The van der Waals surface area contributed by atoms with E-state index in [0.717, 1.165) is 37.1 Å². The van der Waals surface area contributed by atoms with Crippen molar-refractivity contribution in [3.8, 4) is 0 Å². The number of pyridine rings is 1. The van der Waals surface area contributed by atoms with Crippen molar-refractivity contribution in [2.24, 2.45) is 0 Å². The number of nitrogens with one attached hydrogen (secondary N) is 1. The van der Waals surface area contributed by atoms with Crippen LogP contribution in [0.2, 0.25) is 0 Å². The van der Waals surface area contributed by atoms with E-state index in [-0.39, 0.29) is 0 Å². The molecule has 20 heavy (non-hydrogen) atoms. The molecule has 0 aromatic carbocycles. The number of hydrogen-bond donors (Lipinski definition) is 1. The average molecular weight is 277 g/mol. The van der Waals surface area contributed by atoms with E-state index in [2.05, 4.69) is 48.2 Å². The van der Waals surface area contributed by atoms with Gasteiger partial charge in [-0.1, -0.05) is 19.9 Å². The lowest BCUT2D eigenvalue weighted by Crippen LogP contribution is -2.25. The summed E-state index contributed by atoms with van der Waals surface area (Å²) in [6, 6.07) is 7.43. The summed E-state index contributed by atoms with van der Waals surface area (Å²) in [5.41, 5.74) is 2.09. The Morgan fingerprint density at radius 2 is 2.10 bits per heavy atom. The molecule has 1 heterocycles. The Bertz CT molecular complexity index is 404. The largest absolute Gasteiger partial charge is 0.374 e. The summed E-state index contributed by atoms with van der Waals surface area (Å²) in [5, 5.41) is 3.38. The predicted molar refractivity (Wildman–Crippen MR) is 81.5 cm³/mol. The van der Waals surface area contributed by atoms with Crippen LogP contribution in [0.1, 0.15) is 38.1 Å². The monoisotopic (exact) mass is 277 g/mol. The van der Waals surface area contributed by atoms with Gasteiger partial charge < -0.3 is 15.0 Å². The molecular formula is C16H27N3O. The Morgan fingerprint density at radius 3 is 2.80 bits per heavy atom. The van der Waals surface area contributed by atoms with E-state index in [1.165, 1.54) is 12.8 Å². The topological polar surface area (TPSA) is 37.4 Å². The SMILES string of the molecule is CC(C)NCc1cccc(COCCN(C)C2CC2)n1. The van der Waals surface area contributed by atoms with Crippen LogP contribution in [0.25, 0.3) is 0 Å². The summed E-state index contributed by atoms with van der Waals surface area (Å²) in [4.78, 5) is 6.99. The standard InChI is InChI=1S/C16H27N3O/c1-13(2)17-11-14-5-4-6-15(18-14)12-20-10-9-19(3)16-7-8-16/h4-6,13,16-17H,7-12H2,1-3H3. The first-order valence-corrected chi connectivity index (χ1v) is 7.61. The van der Waals surface area contributed by atoms with Crippen LogP contribution >= 0.6 is 0 Å². The molecule has 4 heteroatoms. The van der Waals surface area contributed by atoms with Gasteiger partial charge in [0.25, 0.3) is 0 Å². The van der Waals surface area contributed by atoms with Crippen molar-refractivity contribution in [3.05, 3.63) is 29.6 Å². The van der Waals surface area contributed by atoms with Crippen molar-refractivity contribution in [2.75, 3.05) is 20.2 Å². The molecule has 0 spiro atoms. The fraction of sp³-hybridized carbons (Fsp3) is 0.688. The number of aromatic nitrogens is 1. The Labute approximate surface area is 122 Å². The van der Waals surface area contributed by atoms with Crippen LogP contribution in [-0.2, 0) is 17.9 Å². The van der Waals surface area contributed by atoms with E-state index >= 15 is 0 Å². The van der Waals surface area contributed by atoms with Crippen LogP contribution in [0.4, 0.5) is 0 Å². The first-order chi connectivity index (χ1) is 9.65. The van der Waals surface area contributed by atoms with Gasteiger partial charge in [0.15, 0.2) is 0 Å². The molecule has 0 saturated heterocycles. The van der Waals surface area contributed by atoms with Crippen LogP contribution in [0, 0.1) is 0 Å². The van der Waals surface area contributed by atoms with E-state index in [9.17, 15) is 0 Å². The lowest BCUT2D eigenvalue weighted by Gasteiger charge is -2.15. The van der Waals surface area contributed by atoms with Gasteiger partial charge in [-0.15, -0.1) is 0 Å². The highest BCUT2D eigenvalue weighted by molar-refractivity contribution is 5.10. The van der Waals surface area contributed by atoms with Gasteiger partial charge >= 0.3 is 0 Å². The molecular weight excluding hydrogens is 250 g/mol. The highest BCUT2D eigenvalue weighted by Crippen LogP contribution is 2.24. The lowest BCUT2D eigenvalue weighted by molar-refractivity contribution is 0.0956. The molecule has 0 amide bonds. The molecule has 1 aromatic rings. The van der Waals surface area contributed by atoms with E-state index in [4.69, 9.17) is 4.74 Å². The lowest BCUT2D eigenvalue weighted by atomic mass is 10.3. The van der Waals surface area contributed by atoms with E-state index in [0.29, 0.717) is 12.6 Å². The van der Waals surface area contributed by atoms with Crippen LogP contribution in [-0.4, -0.2) is 42.2 Å². The van der Waals surface area contributed by atoms with E-state index < -0.39 is 0 Å². The van der Waals surface area contributed by atoms with Crippen molar-refractivity contribution in [1.29, 1.82) is 0 Å². The molecule has 1 aliphatic carbocycles. The predicted octanol–water partition coefficient (Wildman–Crippen LogP) is 2.19. The normalized spacial score (nSPS) is 15.2. The zero-order chi connectivity index (χ0) is 14.4. The summed E-state index contributed by atoms with van der Waals surface area (Å²) in [7, 11) is 2.18. The maximum atomic E-state index is 5.72. The summed E-state index contributed by atoms with van der Waals surface area (Å²) < 4.78 is 5.72. The molecule has 0 radical (unpaired) electrons. The van der Waals surface area contributed by atoms with Crippen molar-refractivity contribution in [1.82, 2.24) is 15.2 Å². The molecule has 112 valence electrons. The second-order valence-corrected chi connectivity index (χ2v) is 5.92. The second-order valence-electron chi connectivity index (χ2n) is 5.92. The molecule has 0 bridgehead atoms. The fourth-order valence-electron chi connectivity index (χ4n) is 2.10. The van der Waals surface area contributed by atoms with E-state index in [1.807, 2.05) is 6.07 Å². The van der Waals surface area contributed by atoms with Gasteiger partial charge in [-0.05, 0) is 32.0 Å². The van der Waals surface area contributed by atoms with Crippen LogP contribution < -0.4 is 5.32 Å². The van der Waals surface area contributed by atoms with Crippen LogP contribution in [0.3, 0.4) is 0 Å². The highest BCUT2D eigenvalue weighted by Gasteiger charge is 2.25. The quantitative estimate of drug-likeness (QED) is 0.702. The van der Waals surface area contributed by atoms with Gasteiger partial charge in [0, 0.05) is 25.2 Å². The molecule has 1 N–H and O–H groups in total. The zero-order valence-electron chi connectivity index (χ0n) is 12.9. The van der Waals surface area contributed by atoms with Gasteiger partial charge in [0.05, 0.1) is 24.6 Å². The first kappa shape index (κ1) is 15.4. The second kappa shape index (κ2) is 7.72. The van der Waals surface area contributed by atoms with Crippen LogP contribution in [0.5, 0.6) is 0 Å². The number of ether oxygens (including phenoxy) is 1. The minimum Gasteiger partial charge on any atom is -0.374 e. The maximum Gasteiger partial charge on any atom is 0.0888 e. The Morgan fingerprint density at radius 1 is 1.35 bits per heavy atom. The number of hydrogen-bond acceptors (Lipinski definition) is 4. The molecule has 1 aliphatic rings. The molecule has 0 unspecified atom stereocenters. The molecule has 1 saturated carbocycles. The summed E-state index contributed by atoms with van der Waals surface area (Å²) >= 11 is 0. The Kier molecular flexibility index (Phi) is 5.95. The number of likely N-dealkylation sites (N-methyl/N-ethyl adjacent to an activating group) is 1. The van der Waals surface area contributed by atoms with Crippen LogP contribution in [0.15, 0.2) is 18.2 Å². The Hall–Kier alpha value is -0.970. The van der Waals surface area contributed by atoms with Gasteiger partial charge in [0.1, 0.15) is 0 Å². The third-order valence-corrected chi connectivity index (χ3v) is 3.56. The van der Waals surface area contributed by atoms with Crippen molar-refractivity contribution in [3.63, 3.8) is 0 Å². The minimum atomic E-state index is 0.481. The van der Waals surface area contributed by atoms with Gasteiger partial charge in [-0.2, -0.15) is 0 Å². The molecule has 2 rings (SSSR count). The summed E-state index contributed by atoms with van der Waals surface area (Å²) in [6.45, 7) is 7.50. The molecule has 1 aromatic heterocycles. The zero-order valence-corrected chi connectivity index (χ0v) is 12.9. The highest BCUT2D eigenvalue weighted by atomic mass is 16.5. The minimum absolute atomic E-state index is 0.481. The summed E-state index contributed by atoms with van der Waals surface area (Å²) in [5.74, 6) is 0. The molecule has 0 atom stereocenters. The Balaban J connectivity index is 1.67. The first-order valence-electron chi connectivity index (χ1n) is 7.61. The van der Waals surface area contributed by atoms with Crippen molar-refractivity contribution < 1.29 is 4.74 Å². The number of nitrogens with zero attached hydrogens (tertiary/aromatic N) is 2. The van der Waals surface area contributed by atoms with Crippen molar-refractivity contribution in [2.45, 2.75) is 51.9 Å². The van der Waals surface area contributed by atoms with Gasteiger partial charge in [-0.3, -0.25) is 4.98 Å². The number of rotatable bonds is 9. The van der Waals surface area contributed by atoms with E-state index in [1.54, 1.807) is 0 Å². The van der Waals surface area contributed by atoms with Crippen molar-refractivity contribution >= 4 is 0 Å². The molecule has 1 fully saturated rings. The molecule has 0 aliphatic heterocycles. The fourth-order valence-corrected chi connectivity index (χ4v) is 2.10. The third-order valence-electron chi connectivity index (χ3n) is 3.56. The maximum absolute atomic E-state index is 5.72. The summed E-state index contributed by atoms with van der Waals surface area (Å²) in [6.07, 6.45) is 2.70. The smallest absolute Gasteiger partial charge is 0.0888 e. The average Bonchev–Trinajstić information content (AvgIpc) is 3.26. The van der Waals surface area contributed by atoms with Gasteiger partial charge in [-0.25, -0.2) is 0 Å². The van der Waals surface area contributed by atoms with Gasteiger partial charge in [0.2, 0.25) is 0 Å².